The summed E-state index contributed by atoms with van der Waals surface area (Å²) in [6.45, 7) is 0.807. The maximum atomic E-state index is 12.3. The van der Waals surface area contributed by atoms with Crippen LogP contribution in [0.25, 0.3) is 11.4 Å². The molecule has 0 saturated heterocycles. The van der Waals surface area contributed by atoms with Gasteiger partial charge < -0.3 is 9.88 Å². The van der Waals surface area contributed by atoms with Crippen molar-refractivity contribution in [2.45, 2.75) is 38.3 Å². The summed E-state index contributed by atoms with van der Waals surface area (Å²) in [6, 6.07) is 15.9. The minimum absolute atomic E-state index is 0.0228. The van der Waals surface area contributed by atoms with Crippen LogP contribution in [-0.2, 0) is 24.2 Å². The number of hydrogen-bond acceptors (Lipinski definition) is 4. The number of aromatic nitrogens is 4. The first-order valence-electron chi connectivity index (χ1n) is 8.96. The van der Waals surface area contributed by atoms with Crippen molar-refractivity contribution in [1.82, 2.24) is 25.1 Å². The Morgan fingerprint density at radius 2 is 1.92 bits per heavy atom. The van der Waals surface area contributed by atoms with Gasteiger partial charge in [-0.25, -0.2) is 0 Å². The highest BCUT2D eigenvalue weighted by Gasteiger charge is 2.22. The van der Waals surface area contributed by atoms with Gasteiger partial charge in [0.05, 0.1) is 6.42 Å². The van der Waals surface area contributed by atoms with Crippen molar-refractivity contribution in [2.75, 3.05) is 0 Å². The lowest BCUT2D eigenvalue weighted by atomic mass is 10.1. The molecule has 1 aromatic carbocycles. The molecule has 1 atom stereocenters. The molecule has 1 N–H and O–H groups in total. The highest BCUT2D eigenvalue weighted by atomic mass is 16.1. The Hall–Kier alpha value is -3.02. The van der Waals surface area contributed by atoms with Crippen LogP contribution in [0.15, 0.2) is 54.7 Å². The lowest BCUT2D eigenvalue weighted by Crippen LogP contribution is -2.36. The molecule has 0 spiro atoms. The highest BCUT2D eigenvalue weighted by Crippen LogP contribution is 2.22. The number of amides is 1. The first kappa shape index (κ1) is 16.4. The van der Waals surface area contributed by atoms with E-state index in [2.05, 4.69) is 25.1 Å². The van der Waals surface area contributed by atoms with Crippen LogP contribution >= 0.6 is 0 Å². The number of carbonyl (C=O) groups is 1. The lowest BCUT2D eigenvalue weighted by Gasteiger charge is -2.16. The van der Waals surface area contributed by atoms with E-state index in [4.69, 9.17) is 0 Å². The van der Waals surface area contributed by atoms with Crippen molar-refractivity contribution < 1.29 is 4.79 Å². The van der Waals surface area contributed by atoms with Crippen LogP contribution in [0.4, 0.5) is 0 Å². The van der Waals surface area contributed by atoms with Crippen molar-refractivity contribution in [1.29, 1.82) is 0 Å². The fraction of sp³-hybridized carbons (Fsp3) is 0.300. The molecule has 132 valence electrons. The molecular weight excluding hydrogens is 326 g/mol. The molecule has 0 saturated carbocycles. The Kier molecular flexibility index (Phi) is 4.73. The molecule has 1 unspecified atom stereocenters. The summed E-state index contributed by atoms with van der Waals surface area (Å²) < 4.78 is 2.18. The van der Waals surface area contributed by atoms with Gasteiger partial charge in [0.2, 0.25) is 5.91 Å². The number of nitrogens with zero attached hydrogens (tertiary/aromatic N) is 4. The second kappa shape index (κ2) is 7.47. The number of fused-ring (bicyclic) bond motifs is 1. The Labute approximate surface area is 152 Å². The van der Waals surface area contributed by atoms with Gasteiger partial charge in [-0.3, -0.25) is 9.78 Å². The van der Waals surface area contributed by atoms with Crippen LogP contribution < -0.4 is 5.32 Å². The molecule has 4 rings (SSSR count). The third-order valence-electron chi connectivity index (χ3n) is 4.71. The average molecular weight is 347 g/mol. The van der Waals surface area contributed by atoms with Gasteiger partial charge in [-0.1, -0.05) is 36.4 Å². The molecule has 6 heteroatoms. The summed E-state index contributed by atoms with van der Waals surface area (Å²) in [5.41, 5.74) is 1.87. The van der Waals surface area contributed by atoms with E-state index >= 15 is 0 Å². The third kappa shape index (κ3) is 3.64. The first-order valence-corrected chi connectivity index (χ1v) is 8.96. The highest BCUT2D eigenvalue weighted by molar-refractivity contribution is 5.78. The van der Waals surface area contributed by atoms with Crippen LogP contribution in [0.5, 0.6) is 0 Å². The van der Waals surface area contributed by atoms with E-state index in [9.17, 15) is 4.79 Å². The van der Waals surface area contributed by atoms with Crippen molar-refractivity contribution in [3.05, 3.63) is 66.2 Å². The second-order valence-electron chi connectivity index (χ2n) is 6.55. The zero-order valence-electron chi connectivity index (χ0n) is 14.5. The number of carbonyl (C=O) groups excluding carboxylic acids is 1. The predicted octanol–water partition coefficient (Wildman–Crippen LogP) is 2.40. The van der Waals surface area contributed by atoms with E-state index in [1.165, 1.54) is 0 Å². The van der Waals surface area contributed by atoms with Crippen molar-refractivity contribution in [2.24, 2.45) is 0 Å². The second-order valence-corrected chi connectivity index (χ2v) is 6.55. The maximum absolute atomic E-state index is 12.3. The van der Waals surface area contributed by atoms with E-state index in [1.54, 1.807) is 6.20 Å². The lowest BCUT2D eigenvalue weighted by molar-refractivity contribution is -0.121. The molecule has 0 bridgehead atoms. The van der Waals surface area contributed by atoms with Crippen LogP contribution in [0.1, 0.15) is 24.4 Å². The summed E-state index contributed by atoms with van der Waals surface area (Å²) in [5, 5.41) is 11.9. The first-order chi connectivity index (χ1) is 12.8. The normalized spacial score (nSPS) is 16.5. The van der Waals surface area contributed by atoms with E-state index in [0.29, 0.717) is 6.42 Å². The van der Waals surface area contributed by atoms with Gasteiger partial charge in [-0.05, 0) is 25.0 Å². The molecule has 1 aliphatic rings. The number of benzene rings is 1. The van der Waals surface area contributed by atoms with E-state index in [1.807, 2.05) is 48.5 Å². The summed E-state index contributed by atoms with van der Waals surface area (Å²) in [6.07, 6.45) is 4.60. The van der Waals surface area contributed by atoms with Crippen molar-refractivity contribution in [3.8, 4) is 11.4 Å². The molecule has 3 aromatic rings. The molecule has 26 heavy (non-hydrogen) atoms. The fourth-order valence-electron chi connectivity index (χ4n) is 3.38. The van der Waals surface area contributed by atoms with Crippen LogP contribution in [0, 0.1) is 0 Å². The van der Waals surface area contributed by atoms with Gasteiger partial charge in [0.1, 0.15) is 5.82 Å². The molecule has 2 aromatic heterocycles. The molecular formula is C20H21N5O. The summed E-state index contributed by atoms with van der Waals surface area (Å²) in [5.74, 6) is 1.92. The Bertz CT molecular complexity index is 876. The maximum Gasteiger partial charge on any atom is 0.226 e. The van der Waals surface area contributed by atoms with E-state index < -0.39 is 0 Å². The van der Waals surface area contributed by atoms with Gasteiger partial charge in [0, 0.05) is 36.5 Å². The topological polar surface area (TPSA) is 72.7 Å². The third-order valence-corrected chi connectivity index (χ3v) is 4.71. The van der Waals surface area contributed by atoms with Crippen LogP contribution in [-0.4, -0.2) is 31.7 Å². The quantitative estimate of drug-likeness (QED) is 0.787. The minimum Gasteiger partial charge on any atom is -0.353 e. The van der Waals surface area contributed by atoms with E-state index in [0.717, 1.165) is 48.7 Å². The van der Waals surface area contributed by atoms with Gasteiger partial charge in [0.25, 0.3) is 0 Å². The molecule has 0 aliphatic carbocycles. The number of rotatable bonds is 4. The number of hydrogen-bond donors (Lipinski definition) is 1. The molecule has 0 radical (unpaired) electrons. The van der Waals surface area contributed by atoms with Gasteiger partial charge >= 0.3 is 0 Å². The predicted molar refractivity (Wildman–Crippen MR) is 98.3 cm³/mol. The molecule has 3 heterocycles. The van der Waals surface area contributed by atoms with Crippen LogP contribution in [0.3, 0.4) is 0 Å². The van der Waals surface area contributed by atoms with Gasteiger partial charge in [-0.15, -0.1) is 10.2 Å². The Morgan fingerprint density at radius 3 is 2.73 bits per heavy atom. The smallest absolute Gasteiger partial charge is 0.226 e. The number of pyridine rings is 1. The van der Waals surface area contributed by atoms with E-state index in [-0.39, 0.29) is 11.9 Å². The zero-order valence-corrected chi connectivity index (χ0v) is 14.5. The Balaban J connectivity index is 1.41. The average Bonchev–Trinajstić information content (AvgIpc) is 2.98. The standard InChI is InChI=1S/C20H21N5O/c26-19(14-17-8-4-5-12-21-17)22-16-9-10-18-23-24-20(25(18)13-11-16)15-6-2-1-3-7-15/h1-8,12,16H,9-11,13-14H2,(H,22,26). The Morgan fingerprint density at radius 1 is 1.08 bits per heavy atom. The molecule has 6 nitrogen and oxygen atoms in total. The molecule has 1 aliphatic heterocycles. The number of nitrogens with one attached hydrogen (secondary N) is 1. The zero-order chi connectivity index (χ0) is 17.8. The fourth-order valence-corrected chi connectivity index (χ4v) is 3.38. The van der Waals surface area contributed by atoms with Crippen LogP contribution in [0.2, 0.25) is 0 Å². The van der Waals surface area contributed by atoms with Gasteiger partial charge in [-0.2, -0.15) is 0 Å². The largest absolute Gasteiger partial charge is 0.353 e. The summed E-state index contributed by atoms with van der Waals surface area (Å²) in [7, 11) is 0. The number of aryl methyl sites for hydroxylation is 1. The molecule has 0 fully saturated rings. The monoisotopic (exact) mass is 347 g/mol. The van der Waals surface area contributed by atoms with Crippen molar-refractivity contribution >= 4 is 5.91 Å². The van der Waals surface area contributed by atoms with Gasteiger partial charge in [0.15, 0.2) is 5.82 Å². The SMILES string of the molecule is O=C(Cc1ccccn1)NC1CCc2nnc(-c3ccccc3)n2CC1. The summed E-state index contributed by atoms with van der Waals surface area (Å²) >= 11 is 0. The minimum atomic E-state index is 0.0228. The summed E-state index contributed by atoms with van der Waals surface area (Å²) in [4.78, 5) is 16.5. The molecule has 1 amide bonds. The van der Waals surface area contributed by atoms with Crippen molar-refractivity contribution in [3.63, 3.8) is 0 Å².